The van der Waals surface area contributed by atoms with Crippen molar-refractivity contribution in [1.29, 1.82) is 0 Å². The molecular formula is C13H27NO2. The van der Waals surface area contributed by atoms with Gasteiger partial charge in [-0.25, -0.2) is 0 Å². The van der Waals surface area contributed by atoms with Gasteiger partial charge in [-0.3, -0.25) is 4.79 Å². The van der Waals surface area contributed by atoms with Gasteiger partial charge in [-0.1, -0.05) is 40.0 Å². The Morgan fingerprint density at radius 2 is 2.00 bits per heavy atom. The van der Waals surface area contributed by atoms with Crippen LogP contribution in [0.4, 0.5) is 0 Å². The molecule has 2 unspecified atom stereocenters. The zero-order chi connectivity index (χ0) is 12.6. The van der Waals surface area contributed by atoms with Crippen LogP contribution in [0.3, 0.4) is 0 Å². The summed E-state index contributed by atoms with van der Waals surface area (Å²) in [6.45, 7) is 8.45. The number of carbonyl (C=O) groups is 1. The van der Waals surface area contributed by atoms with Gasteiger partial charge in [0.2, 0.25) is 0 Å². The fraction of sp³-hybridized carbons (Fsp3) is 0.923. The highest BCUT2D eigenvalue weighted by molar-refractivity contribution is 5.79. The minimum atomic E-state index is -0.830. The Hall–Kier alpha value is -0.570. The van der Waals surface area contributed by atoms with E-state index < -0.39 is 5.54 Å². The van der Waals surface area contributed by atoms with E-state index in [0.717, 1.165) is 12.8 Å². The maximum atomic E-state index is 11.6. The lowest BCUT2D eigenvalue weighted by Crippen LogP contribution is -2.45. The van der Waals surface area contributed by atoms with Crippen molar-refractivity contribution in [1.82, 2.24) is 0 Å². The molecule has 0 aromatic rings. The van der Waals surface area contributed by atoms with Gasteiger partial charge in [0.1, 0.15) is 5.54 Å². The van der Waals surface area contributed by atoms with Gasteiger partial charge >= 0.3 is 5.97 Å². The molecule has 2 atom stereocenters. The third-order valence-electron chi connectivity index (χ3n) is 3.19. The van der Waals surface area contributed by atoms with Crippen molar-refractivity contribution in [2.45, 2.75) is 65.3 Å². The van der Waals surface area contributed by atoms with Crippen LogP contribution in [-0.4, -0.2) is 18.1 Å². The number of nitrogens with two attached hydrogens (primary N) is 1. The second kappa shape index (κ2) is 7.66. The first-order valence-corrected chi connectivity index (χ1v) is 6.44. The van der Waals surface area contributed by atoms with Gasteiger partial charge < -0.3 is 10.5 Å². The number of carbonyl (C=O) groups excluding carboxylic acids is 1. The summed E-state index contributed by atoms with van der Waals surface area (Å²) in [4.78, 5) is 11.6. The highest BCUT2D eigenvalue weighted by Crippen LogP contribution is 2.15. The molecule has 0 aromatic heterocycles. The summed E-state index contributed by atoms with van der Waals surface area (Å²) in [6.07, 6.45) is 5.18. The molecule has 0 aliphatic rings. The molecule has 96 valence electrons. The number of ether oxygens (including phenoxy) is 1. The summed E-state index contributed by atoms with van der Waals surface area (Å²) in [5, 5.41) is 0. The van der Waals surface area contributed by atoms with Crippen LogP contribution in [0.2, 0.25) is 0 Å². The van der Waals surface area contributed by atoms with Gasteiger partial charge in [-0.05, 0) is 25.7 Å². The van der Waals surface area contributed by atoms with Crippen LogP contribution in [-0.2, 0) is 9.53 Å². The molecule has 0 aliphatic heterocycles. The van der Waals surface area contributed by atoms with Crippen LogP contribution in [0, 0.1) is 5.92 Å². The fourth-order valence-corrected chi connectivity index (χ4v) is 1.40. The Kier molecular flexibility index (Phi) is 7.39. The van der Waals surface area contributed by atoms with E-state index in [1.165, 1.54) is 12.8 Å². The predicted octanol–water partition coefficient (Wildman–Crippen LogP) is 2.87. The highest BCUT2D eigenvalue weighted by Gasteiger charge is 2.28. The van der Waals surface area contributed by atoms with Crippen LogP contribution in [0.15, 0.2) is 0 Å². The largest absolute Gasteiger partial charge is 0.464 e. The lowest BCUT2D eigenvalue weighted by atomic mass is 9.99. The van der Waals surface area contributed by atoms with E-state index in [4.69, 9.17) is 10.5 Å². The quantitative estimate of drug-likeness (QED) is 0.651. The van der Waals surface area contributed by atoms with E-state index in [1.54, 1.807) is 6.92 Å². The smallest absolute Gasteiger partial charge is 0.325 e. The molecule has 0 aromatic carbocycles. The zero-order valence-corrected chi connectivity index (χ0v) is 11.2. The molecule has 0 radical (unpaired) electrons. The average Bonchev–Trinajstić information content (AvgIpc) is 2.28. The summed E-state index contributed by atoms with van der Waals surface area (Å²) in [7, 11) is 0. The molecule has 0 heterocycles. The summed E-state index contributed by atoms with van der Waals surface area (Å²) in [6, 6.07) is 0. The van der Waals surface area contributed by atoms with Gasteiger partial charge in [-0.15, -0.1) is 0 Å². The maximum absolute atomic E-state index is 11.6. The normalized spacial score (nSPS) is 16.6. The summed E-state index contributed by atoms with van der Waals surface area (Å²) in [5.74, 6) is 0.210. The molecule has 0 amide bonds. The first-order chi connectivity index (χ1) is 7.47. The Morgan fingerprint density at radius 1 is 1.38 bits per heavy atom. The molecule has 3 heteroatoms. The second-order valence-corrected chi connectivity index (χ2v) is 4.79. The molecule has 0 saturated carbocycles. The molecule has 0 saturated heterocycles. The zero-order valence-electron chi connectivity index (χ0n) is 11.2. The number of rotatable bonds is 8. The third-order valence-corrected chi connectivity index (χ3v) is 3.19. The molecule has 2 N–H and O–H groups in total. The van der Waals surface area contributed by atoms with Gasteiger partial charge in [0, 0.05) is 0 Å². The van der Waals surface area contributed by atoms with Crippen LogP contribution >= 0.6 is 0 Å². The molecule has 0 fully saturated rings. The lowest BCUT2D eigenvalue weighted by molar-refractivity contribution is -0.151. The van der Waals surface area contributed by atoms with Crippen molar-refractivity contribution >= 4 is 5.97 Å². The van der Waals surface area contributed by atoms with E-state index in [9.17, 15) is 4.79 Å². The lowest BCUT2D eigenvalue weighted by Gasteiger charge is -2.22. The van der Waals surface area contributed by atoms with Crippen LogP contribution < -0.4 is 5.73 Å². The van der Waals surface area contributed by atoms with E-state index in [0.29, 0.717) is 18.9 Å². The molecule has 0 spiro atoms. The number of hydrogen-bond acceptors (Lipinski definition) is 3. The molecule has 0 rings (SSSR count). The summed E-state index contributed by atoms with van der Waals surface area (Å²) in [5.41, 5.74) is 4.98. The Morgan fingerprint density at radius 3 is 2.44 bits per heavy atom. The van der Waals surface area contributed by atoms with Crippen molar-refractivity contribution in [2.24, 2.45) is 11.7 Å². The monoisotopic (exact) mass is 229 g/mol. The van der Waals surface area contributed by atoms with Crippen molar-refractivity contribution in [3.8, 4) is 0 Å². The standard InChI is InChI=1S/C13H27NO2/c1-5-8-9-11(6-2)10-16-12(15)13(4,14)7-3/h11H,5-10,14H2,1-4H3. The highest BCUT2D eigenvalue weighted by atomic mass is 16.5. The minimum Gasteiger partial charge on any atom is -0.464 e. The van der Waals surface area contributed by atoms with E-state index in [-0.39, 0.29) is 5.97 Å². The summed E-state index contributed by atoms with van der Waals surface area (Å²) < 4.78 is 5.28. The average molecular weight is 229 g/mol. The molecular weight excluding hydrogens is 202 g/mol. The topological polar surface area (TPSA) is 52.3 Å². The van der Waals surface area contributed by atoms with Gasteiger partial charge in [0.25, 0.3) is 0 Å². The number of unbranched alkanes of at least 4 members (excludes halogenated alkanes) is 1. The van der Waals surface area contributed by atoms with Gasteiger partial charge in [0.05, 0.1) is 6.61 Å². The Bertz CT molecular complexity index is 202. The van der Waals surface area contributed by atoms with Crippen LogP contribution in [0.5, 0.6) is 0 Å². The van der Waals surface area contributed by atoms with Gasteiger partial charge in [-0.2, -0.15) is 0 Å². The van der Waals surface area contributed by atoms with Crippen molar-refractivity contribution in [2.75, 3.05) is 6.61 Å². The Labute approximate surface area is 99.7 Å². The first-order valence-electron chi connectivity index (χ1n) is 6.44. The molecule has 0 bridgehead atoms. The fourth-order valence-electron chi connectivity index (χ4n) is 1.40. The molecule has 3 nitrogen and oxygen atoms in total. The molecule has 0 aliphatic carbocycles. The Balaban J connectivity index is 3.97. The van der Waals surface area contributed by atoms with Crippen molar-refractivity contribution in [3.63, 3.8) is 0 Å². The number of hydrogen-bond donors (Lipinski definition) is 1. The van der Waals surface area contributed by atoms with Crippen LogP contribution in [0.25, 0.3) is 0 Å². The third kappa shape index (κ3) is 5.50. The SMILES string of the molecule is CCCCC(CC)COC(=O)C(C)(N)CC. The predicted molar refractivity (Wildman–Crippen MR) is 67.1 cm³/mol. The minimum absolute atomic E-state index is 0.273. The molecule has 16 heavy (non-hydrogen) atoms. The van der Waals surface area contributed by atoms with E-state index in [1.807, 2.05) is 6.92 Å². The number of esters is 1. The van der Waals surface area contributed by atoms with Crippen molar-refractivity contribution < 1.29 is 9.53 Å². The first kappa shape index (κ1) is 15.4. The van der Waals surface area contributed by atoms with Gasteiger partial charge in [0.15, 0.2) is 0 Å². The van der Waals surface area contributed by atoms with E-state index in [2.05, 4.69) is 13.8 Å². The van der Waals surface area contributed by atoms with Crippen molar-refractivity contribution in [3.05, 3.63) is 0 Å². The summed E-state index contributed by atoms with van der Waals surface area (Å²) >= 11 is 0. The maximum Gasteiger partial charge on any atom is 0.325 e. The van der Waals surface area contributed by atoms with E-state index >= 15 is 0 Å². The second-order valence-electron chi connectivity index (χ2n) is 4.79. The van der Waals surface area contributed by atoms with Crippen LogP contribution in [0.1, 0.15) is 59.8 Å².